The molecular formula is C12H10F3N3O. The largest absolute Gasteiger partial charge is 0.416 e. The van der Waals surface area contributed by atoms with Gasteiger partial charge in [-0.25, -0.2) is 4.98 Å². The molecule has 19 heavy (non-hydrogen) atoms. The van der Waals surface area contributed by atoms with E-state index in [4.69, 9.17) is 0 Å². The van der Waals surface area contributed by atoms with Crippen molar-refractivity contribution in [3.63, 3.8) is 0 Å². The molecule has 2 aromatic rings. The van der Waals surface area contributed by atoms with Gasteiger partial charge in [-0.15, -0.1) is 0 Å². The second-order valence-corrected chi connectivity index (χ2v) is 3.88. The summed E-state index contributed by atoms with van der Waals surface area (Å²) in [5.41, 5.74) is 0.195. The smallest absolute Gasteiger partial charge is 0.348 e. The van der Waals surface area contributed by atoms with Crippen molar-refractivity contribution in [3.05, 3.63) is 48.0 Å². The summed E-state index contributed by atoms with van der Waals surface area (Å²) in [6.07, 6.45) is -1.34. The Morgan fingerprint density at radius 2 is 1.95 bits per heavy atom. The van der Waals surface area contributed by atoms with Crippen LogP contribution in [0.15, 0.2) is 36.8 Å². The number of nitrogens with zero attached hydrogens (tertiary/aromatic N) is 1. The molecule has 0 aliphatic carbocycles. The topological polar surface area (TPSA) is 57.8 Å². The first-order chi connectivity index (χ1) is 8.95. The van der Waals surface area contributed by atoms with Gasteiger partial charge in [-0.1, -0.05) is 0 Å². The van der Waals surface area contributed by atoms with Crippen molar-refractivity contribution in [1.29, 1.82) is 0 Å². The zero-order chi connectivity index (χ0) is 13.9. The number of amides is 1. The third kappa shape index (κ3) is 3.57. The molecule has 0 spiro atoms. The van der Waals surface area contributed by atoms with Gasteiger partial charge in [0, 0.05) is 17.6 Å². The van der Waals surface area contributed by atoms with E-state index in [0.717, 1.165) is 12.1 Å². The number of carbonyl (C=O) groups is 1. The number of aromatic amines is 1. The number of imidazole rings is 1. The molecule has 2 rings (SSSR count). The predicted molar refractivity (Wildman–Crippen MR) is 62.4 cm³/mol. The maximum Gasteiger partial charge on any atom is 0.416 e. The molecule has 4 nitrogen and oxygen atoms in total. The molecular weight excluding hydrogens is 259 g/mol. The number of carbonyl (C=O) groups excluding carboxylic acids is 1. The third-order valence-electron chi connectivity index (χ3n) is 2.40. The van der Waals surface area contributed by atoms with Gasteiger partial charge in [0.05, 0.1) is 18.3 Å². The molecule has 7 heteroatoms. The Labute approximate surface area is 106 Å². The standard InChI is InChI=1S/C12H10F3N3O/c13-12(14,15)8-1-3-9(4-2-8)18-11(19)5-10-6-16-7-17-10/h1-4,6-7H,5H2,(H,16,17)(H,18,19). The molecule has 0 saturated heterocycles. The molecule has 1 heterocycles. The van der Waals surface area contributed by atoms with Gasteiger partial charge < -0.3 is 10.3 Å². The van der Waals surface area contributed by atoms with E-state index in [9.17, 15) is 18.0 Å². The van der Waals surface area contributed by atoms with Crippen LogP contribution in [0.5, 0.6) is 0 Å². The summed E-state index contributed by atoms with van der Waals surface area (Å²) in [4.78, 5) is 18.1. The summed E-state index contributed by atoms with van der Waals surface area (Å²) in [5.74, 6) is -0.330. The summed E-state index contributed by atoms with van der Waals surface area (Å²) >= 11 is 0. The lowest BCUT2D eigenvalue weighted by Gasteiger charge is -2.08. The minimum atomic E-state index is -4.38. The summed E-state index contributed by atoms with van der Waals surface area (Å²) < 4.78 is 37.0. The number of benzene rings is 1. The molecule has 1 aromatic heterocycles. The van der Waals surface area contributed by atoms with Gasteiger partial charge in [-0.05, 0) is 24.3 Å². The van der Waals surface area contributed by atoms with Crippen molar-refractivity contribution in [2.75, 3.05) is 5.32 Å². The SMILES string of the molecule is O=C(Cc1cnc[nH]1)Nc1ccc(C(F)(F)F)cc1. The lowest BCUT2D eigenvalue weighted by Crippen LogP contribution is -2.14. The Hall–Kier alpha value is -2.31. The zero-order valence-electron chi connectivity index (χ0n) is 9.66. The monoisotopic (exact) mass is 269 g/mol. The van der Waals surface area contributed by atoms with Gasteiger partial charge in [-0.2, -0.15) is 13.2 Å². The van der Waals surface area contributed by atoms with Crippen molar-refractivity contribution < 1.29 is 18.0 Å². The van der Waals surface area contributed by atoms with Gasteiger partial charge in [0.15, 0.2) is 0 Å². The highest BCUT2D eigenvalue weighted by Gasteiger charge is 2.29. The number of rotatable bonds is 3. The number of aromatic nitrogens is 2. The molecule has 1 aromatic carbocycles. The van der Waals surface area contributed by atoms with E-state index in [0.29, 0.717) is 11.4 Å². The van der Waals surface area contributed by atoms with E-state index in [1.807, 2.05) is 0 Å². The minimum Gasteiger partial charge on any atom is -0.348 e. The summed E-state index contributed by atoms with van der Waals surface area (Å²) in [5, 5.41) is 2.50. The van der Waals surface area contributed by atoms with E-state index in [2.05, 4.69) is 15.3 Å². The van der Waals surface area contributed by atoms with Crippen molar-refractivity contribution in [3.8, 4) is 0 Å². The van der Waals surface area contributed by atoms with Crippen molar-refractivity contribution >= 4 is 11.6 Å². The first-order valence-electron chi connectivity index (χ1n) is 5.39. The number of halogens is 3. The molecule has 0 bridgehead atoms. The van der Waals surface area contributed by atoms with Crippen LogP contribution in [0.1, 0.15) is 11.3 Å². The van der Waals surface area contributed by atoms with Crippen LogP contribution in [0.4, 0.5) is 18.9 Å². The van der Waals surface area contributed by atoms with Crippen molar-refractivity contribution in [2.24, 2.45) is 0 Å². The fourth-order valence-corrected chi connectivity index (χ4v) is 1.50. The molecule has 0 radical (unpaired) electrons. The van der Waals surface area contributed by atoms with Gasteiger partial charge in [-0.3, -0.25) is 4.79 Å². The van der Waals surface area contributed by atoms with Crippen LogP contribution in [0.25, 0.3) is 0 Å². The lowest BCUT2D eigenvalue weighted by atomic mass is 10.2. The molecule has 0 aliphatic heterocycles. The van der Waals surface area contributed by atoms with E-state index < -0.39 is 11.7 Å². The third-order valence-corrected chi connectivity index (χ3v) is 2.40. The Morgan fingerprint density at radius 1 is 1.26 bits per heavy atom. The van der Waals surface area contributed by atoms with Crippen LogP contribution >= 0.6 is 0 Å². The first kappa shape index (κ1) is 13.1. The van der Waals surface area contributed by atoms with E-state index >= 15 is 0 Å². The number of hydrogen-bond acceptors (Lipinski definition) is 2. The first-order valence-corrected chi connectivity index (χ1v) is 5.39. The van der Waals surface area contributed by atoms with E-state index in [1.165, 1.54) is 24.7 Å². The highest BCUT2D eigenvalue weighted by molar-refractivity contribution is 5.91. The molecule has 0 atom stereocenters. The van der Waals surface area contributed by atoms with Crippen LogP contribution in [0.3, 0.4) is 0 Å². The number of nitrogens with one attached hydrogen (secondary N) is 2. The van der Waals surface area contributed by atoms with Crippen LogP contribution in [-0.2, 0) is 17.4 Å². The molecule has 2 N–H and O–H groups in total. The molecule has 0 saturated carbocycles. The Bertz CT molecular complexity index is 547. The zero-order valence-corrected chi connectivity index (χ0v) is 9.66. The molecule has 1 amide bonds. The summed E-state index contributed by atoms with van der Waals surface area (Å²) in [6, 6.07) is 4.28. The molecule has 0 fully saturated rings. The lowest BCUT2D eigenvalue weighted by molar-refractivity contribution is -0.137. The average molecular weight is 269 g/mol. The fraction of sp³-hybridized carbons (Fsp3) is 0.167. The highest BCUT2D eigenvalue weighted by atomic mass is 19.4. The van der Waals surface area contributed by atoms with E-state index in [1.54, 1.807) is 0 Å². The van der Waals surface area contributed by atoms with Crippen LogP contribution < -0.4 is 5.32 Å². The van der Waals surface area contributed by atoms with Crippen LogP contribution in [0.2, 0.25) is 0 Å². The van der Waals surface area contributed by atoms with Gasteiger partial charge in [0.2, 0.25) is 5.91 Å². The number of hydrogen-bond donors (Lipinski definition) is 2. The van der Waals surface area contributed by atoms with Crippen molar-refractivity contribution in [1.82, 2.24) is 9.97 Å². The van der Waals surface area contributed by atoms with Crippen molar-refractivity contribution in [2.45, 2.75) is 12.6 Å². The van der Waals surface area contributed by atoms with Crippen LogP contribution in [-0.4, -0.2) is 15.9 Å². The quantitative estimate of drug-likeness (QED) is 0.899. The number of alkyl halides is 3. The van der Waals surface area contributed by atoms with Gasteiger partial charge >= 0.3 is 6.18 Å². The highest BCUT2D eigenvalue weighted by Crippen LogP contribution is 2.29. The van der Waals surface area contributed by atoms with Crippen LogP contribution in [0, 0.1) is 0 Å². The summed E-state index contributed by atoms with van der Waals surface area (Å²) in [7, 11) is 0. The molecule has 0 unspecified atom stereocenters. The van der Waals surface area contributed by atoms with Gasteiger partial charge in [0.25, 0.3) is 0 Å². The Morgan fingerprint density at radius 3 is 2.47 bits per heavy atom. The Balaban J connectivity index is 1.98. The number of anilines is 1. The second kappa shape index (κ2) is 5.13. The fourth-order valence-electron chi connectivity index (χ4n) is 1.50. The molecule has 0 aliphatic rings. The number of H-pyrrole nitrogens is 1. The minimum absolute atomic E-state index is 0.0843. The van der Waals surface area contributed by atoms with Gasteiger partial charge in [0.1, 0.15) is 0 Å². The predicted octanol–water partition coefficient (Wildman–Crippen LogP) is 2.61. The second-order valence-electron chi connectivity index (χ2n) is 3.88. The average Bonchev–Trinajstić information content (AvgIpc) is 2.81. The normalized spacial score (nSPS) is 11.3. The summed E-state index contributed by atoms with van der Waals surface area (Å²) in [6.45, 7) is 0. The Kier molecular flexibility index (Phi) is 3.55. The molecule has 100 valence electrons. The maximum absolute atomic E-state index is 12.3. The maximum atomic E-state index is 12.3. The van der Waals surface area contributed by atoms with E-state index in [-0.39, 0.29) is 12.3 Å².